The van der Waals surface area contributed by atoms with Crippen molar-refractivity contribution in [3.8, 4) is 11.1 Å². The third-order valence-electron chi connectivity index (χ3n) is 7.38. The van der Waals surface area contributed by atoms with Crippen molar-refractivity contribution in [3.05, 3.63) is 130 Å². The van der Waals surface area contributed by atoms with Gasteiger partial charge in [0.1, 0.15) is 0 Å². The van der Waals surface area contributed by atoms with Gasteiger partial charge in [0, 0.05) is 11.8 Å². The summed E-state index contributed by atoms with van der Waals surface area (Å²) in [5, 5.41) is 0. The SMILES string of the molecule is CC(C)C1c2ccccc2-c2ccccc21.CC(C)C1c2ccccc2Cc2ccccc21. The third-order valence-corrected chi connectivity index (χ3v) is 7.38. The van der Waals surface area contributed by atoms with Gasteiger partial charge in [-0.2, -0.15) is 0 Å². The Morgan fingerprint density at radius 3 is 1.21 bits per heavy atom. The van der Waals surface area contributed by atoms with E-state index in [4.69, 9.17) is 0 Å². The first-order valence-electron chi connectivity index (χ1n) is 12.4. The highest BCUT2D eigenvalue weighted by Crippen LogP contribution is 2.47. The van der Waals surface area contributed by atoms with Gasteiger partial charge >= 0.3 is 0 Å². The Morgan fingerprint density at radius 2 is 0.788 bits per heavy atom. The lowest BCUT2D eigenvalue weighted by Crippen LogP contribution is -2.17. The Kier molecular flexibility index (Phi) is 5.94. The fraction of sp³-hybridized carbons (Fsp3) is 0.273. The third kappa shape index (κ3) is 3.93. The molecular weight excluding hydrogens is 396 g/mol. The van der Waals surface area contributed by atoms with E-state index >= 15 is 0 Å². The van der Waals surface area contributed by atoms with E-state index in [0.717, 1.165) is 6.42 Å². The van der Waals surface area contributed by atoms with Crippen molar-refractivity contribution in [1.82, 2.24) is 0 Å². The molecule has 33 heavy (non-hydrogen) atoms. The maximum atomic E-state index is 2.32. The molecule has 0 bridgehead atoms. The van der Waals surface area contributed by atoms with Crippen LogP contribution in [0.3, 0.4) is 0 Å². The lowest BCUT2D eigenvalue weighted by atomic mass is 9.73. The summed E-state index contributed by atoms with van der Waals surface area (Å²) in [4.78, 5) is 0. The standard InChI is InChI=1S/C17H18.C16H16/c1-12(2)17-15-9-5-3-7-13(15)11-14-8-4-6-10-16(14)17;1-11(2)16-14-9-5-3-7-12(14)13-8-4-6-10-15(13)16/h3-10,12,17H,11H2,1-2H3;3-11,16H,1-2H3. The molecule has 2 aliphatic rings. The van der Waals surface area contributed by atoms with Gasteiger partial charge in [-0.05, 0) is 62.8 Å². The normalized spacial score (nSPS) is 14.2. The number of hydrogen-bond donors (Lipinski definition) is 0. The monoisotopic (exact) mass is 430 g/mol. The van der Waals surface area contributed by atoms with Gasteiger partial charge in [0.2, 0.25) is 0 Å². The van der Waals surface area contributed by atoms with E-state index in [1.165, 1.54) is 44.5 Å². The molecule has 0 aliphatic heterocycles. The summed E-state index contributed by atoms with van der Waals surface area (Å²) in [6, 6.07) is 35.4. The van der Waals surface area contributed by atoms with E-state index in [1.54, 1.807) is 0 Å². The van der Waals surface area contributed by atoms with Crippen molar-refractivity contribution in [3.63, 3.8) is 0 Å². The number of fused-ring (bicyclic) bond motifs is 5. The van der Waals surface area contributed by atoms with Crippen LogP contribution in [-0.4, -0.2) is 0 Å². The van der Waals surface area contributed by atoms with Crippen LogP contribution < -0.4 is 0 Å². The summed E-state index contributed by atoms with van der Waals surface area (Å²) in [7, 11) is 0. The highest BCUT2D eigenvalue weighted by atomic mass is 14.3. The molecule has 0 atom stereocenters. The van der Waals surface area contributed by atoms with Gasteiger partial charge in [-0.15, -0.1) is 0 Å². The molecule has 0 saturated heterocycles. The molecule has 0 radical (unpaired) electrons. The molecule has 0 fully saturated rings. The zero-order chi connectivity index (χ0) is 22.9. The molecule has 6 rings (SSSR count). The van der Waals surface area contributed by atoms with E-state index in [2.05, 4.69) is 125 Å². The molecule has 0 nitrogen and oxygen atoms in total. The maximum Gasteiger partial charge on any atom is 0.0125 e. The summed E-state index contributed by atoms with van der Waals surface area (Å²) < 4.78 is 0. The average molecular weight is 431 g/mol. The van der Waals surface area contributed by atoms with Crippen LogP contribution in [-0.2, 0) is 6.42 Å². The second kappa shape index (κ2) is 9.02. The smallest absolute Gasteiger partial charge is 0.0125 e. The second-order valence-electron chi connectivity index (χ2n) is 10.2. The summed E-state index contributed by atoms with van der Waals surface area (Å²) in [6.45, 7) is 9.26. The predicted molar refractivity (Wildman–Crippen MR) is 141 cm³/mol. The van der Waals surface area contributed by atoms with Gasteiger partial charge < -0.3 is 0 Å². The topological polar surface area (TPSA) is 0 Å². The Bertz CT molecular complexity index is 1170. The summed E-state index contributed by atoms with van der Waals surface area (Å²) in [5.74, 6) is 2.45. The number of benzene rings is 4. The Labute approximate surface area is 199 Å². The summed E-state index contributed by atoms with van der Waals surface area (Å²) in [5.41, 5.74) is 11.9. The van der Waals surface area contributed by atoms with Crippen LogP contribution in [0.5, 0.6) is 0 Å². The van der Waals surface area contributed by atoms with Crippen molar-refractivity contribution in [2.75, 3.05) is 0 Å². The van der Waals surface area contributed by atoms with Gasteiger partial charge in [0.05, 0.1) is 0 Å². The molecule has 0 heteroatoms. The molecule has 4 aromatic rings. The first-order chi connectivity index (χ1) is 16.1. The lowest BCUT2D eigenvalue weighted by Gasteiger charge is -2.31. The molecule has 0 unspecified atom stereocenters. The molecule has 0 amide bonds. The van der Waals surface area contributed by atoms with Crippen molar-refractivity contribution in [1.29, 1.82) is 0 Å². The van der Waals surface area contributed by atoms with E-state index < -0.39 is 0 Å². The lowest BCUT2D eigenvalue weighted by molar-refractivity contribution is 0.549. The minimum Gasteiger partial charge on any atom is -0.0620 e. The molecular formula is C33H34. The van der Waals surface area contributed by atoms with Crippen LogP contribution in [0.15, 0.2) is 97.1 Å². The molecule has 166 valence electrons. The fourth-order valence-corrected chi connectivity index (χ4v) is 6.00. The molecule has 0 aromatic heterocycles. The second-order valence-corrected chi connectivity index (χ2v) is 10.2. The average Bonchev–Trinajstić information content (AvgIpc) is 3.17. The fourth-order valence-electron chi connectivity index (χ4n) is 6.00. The van der Waals surface area contributed by atoms with Gasteiger partial charge in [-0.25, -0.2) is 0 Å². The zero-order valence-corrected chi connectivity index (χ0v) is 20.3. The van der Waals surface area contributed by atoms with Gasteiger partial charge in [0.25, 0.3) is 0 Å². The van der Waals surface area contributed by atoms with Crippen molar-refractivity contribution >= 4 is 0 Å². The predicted octanol–water partition coefficient (Wildman–Crippen LogP) is 8.83. The van der Waals surface area contributed by atoms with Crippen molar-refractivity contribution in [2.45, 2.75) is 46.0 Å². The molecule has 0 spiro atoms. The largest absolute Gasteiger partial charge is 0.0620 e. The van der Waals surface area contributed by atoms with Gasteiger partial charge in [-0.1, -0.05) is 125 Å². The van der Waals surface area contributed by atoms with Crippen molar-refractivity contribution in [2.24, 2.45) is 11.8 Å². The molecule has 0 heterocycles. The van der Waals surface area contributed by atoms with E-state index in [9.17, 15) is 0 Å². The molecule has 0 saturated carbocycles. The van der Waals surface area contributed by atoms with Crippen LogP contribution in [0.4, 0.5) is 0 Å². The minimum absolute atomic E-state index is 0.566. The maximum absolute atomic E-state index is 2.32. The quantitative estimate of drug-likeness (QED) is 0.298. The number of rotatable bonds is 2. The highest BCUT2D eigenvalue weighted by Gasteiger charge is 2.30. The van der Waals surface area contributed by atoms with Gasteiger partial charge in [0.15, 0.2) is 0 Å². The summed E-state index contributed by atoms with van der Waals surface area (Å²) in [6.07, 6.45) is 1.09. The van der Waals surface area contributed by atoms with Crippen LogP contribution >= 0.6 is 0 Å². The van der Waals surface area contributed by atoms with Crippen LogP contribution in [0.25, 0.3) is 11.1 Å². The first-order valence-corrected chi connectivity index (χ1v) is 12.4. The first kappa shape index (κ1) is 21.7. The van der Waals surface area contributed by atoms with Gasteiger partial charge in [-0.3, -0.25) is 0 Å². The Hall–Kier alpha value is -3.12. The molecule has 0 N–H and O–H groups in total. The van der Waals surface area contributed by atoms with Crippen LogP contribution in [0.1, 0.15) is 72.9 Å². The van der Waals surface area contributed by atoms with E-state index in [-0.39, 0.29) is 0 Å². The van der Waals surface area contributed by atoms with Crippen LogP contribution in [0, 0.1) is 11.8 Å². The van der Waals surface area contributed by atoms with E-state index in [1.807, 2.05) is 0 Å². The highest BCUT2D eigenvalue weighted by molar-refractivity contribution is 5.78. The Morgan fingerprint density at radius 1 is 0.455 bits per heavy atom. The molecule has 4 aromatic carbocycles. The zero-order valence-electron chi connectivity index (χ0n) is 20.3. The Balaban J connectivity index is 0.000000139. The number of hydrogen-bond acceptors (Lipinski definition) is 0. The molecule has 2 aliphatic carbocycles. The minimum atomic E-state index is 0.566. The van der Waals surface area contributed by atoms with Crippen LogP contribution in [0.2, 0.25) is 0 Å². The van der Waals surface area contributed by atoms with E-state index in [0.29, 0.717) is 23.7 Å². The van der Waals surface area contributed by atoms with Crippen molar-refractivity contribution < 1.29 is 0 Å². The summed E-state index contributed by atoms with van der Waals surface area (Å²) >= 11 is 0.